The summed E-state index contributed by atoms with van der Waals surface area (Å²) in [6.45, 7) is 3.56. The maximum absolute atomic E-state index is 14.5. The fourth-order valence-corrected chi connectivity index (χ4v) is 4.92. The van der Waals surface area contributed by atoms with Crippen LogP contribution in [0, 0.1) is 54.3 Å². The Hall–Kier alpha value is -7.21. The first kappa shape index (κ1) is 33.2. The van der Waals surface area contributed by atoms with Crippen LogP contribution in [0.1, 0.15) is 37.5 Å². The summed E-state index contributed by atoms with van der Waals surface area (Å²) in [7, 11) is 0. The van der Waals surface area contributed by atoms with Crippen molar-refractivity contribution in [1.29, 1.82) is 0 Å². The van der Waals surface area contributed by atoms with Crippen LogP contribution in [0.5, 0.6) is 0 Å². The fourth-order valence-electron chi connectivity index (χ4n) is 4.92. The van der Waals surface area contributed by atoms with E-state index < -0.39 is 76.8 Å². The van der Waals surface area contributed by atoms with Crippen molar-refractivity contribution in [1.82, 2.24) is 9.78 Å². The van der Waals surface area contributed by atoms with Crippen LogP contribution in [0.15, 0.2) is 84.9 Å². The molecule has 5 aromatic rings. The van der Waals surface area contributed by atoms with Gasteiger partial charge in [-0.05, 0) is 26.0 Å². The van der Waals surface area contributed by atoms with Gasteiger partial charge in [0.2, 0.25) is 0 Å². The van der Waals surface area contributed by atoms with Crippen molar-refractivity contribution in [3.05, 3.63) is 153 Å². The number of ketones is 1. The number of nitrogens with two attached hydrogens (primary N) is 1. The summed E-state index contributed by atoms with van der Waals surface area (Å²) in [5, 5.41) is 51.7. The number of aryl methyl sites for hydroxylation is 2. The van der Waals surface area contributed by atoms with E-state index in [2.05, 4.69) is 5.10 Å². The summed E-state index contributed by atoms with van der Waals surface area (Å²) in [6.07, 6.45) is 0. The molecule has 246 valence electrons. The predicted octanol–water partition coefficient (Wildman–Crippen LogP) is 5.54. The molecule has 0 saturated heterocycles. The number of nitro groups is 4. The van der Waals surface area contributed by atoms with Crippen molar-refractivity contribution in [2.75, 3.05) is 5.01 Å². The Morgan fingerprint density at radius 3 is 1.73 bits per heavy atom. The van der Waals surface area contributed by atoms with Crippen LogP contribution in [0.2, 0.25) is 0 Å². The minimum Gasteiger partial charge on any atom is -0.288 e. The number of carbonyl (C=O) groups excluding carboxylic acids is 2. The number of hydrazine groups is 1. The number of nitrogens with zero attached hydrogens (tertiary/aromatic N) is 7. The Morgan fingerprint density at radius 1 is 0.694 bits per heavy atom. The third-order valence-corrected chi connectivity index (χ3v) is 7.39. The molecule has 0 unspecified atom stereocenters. The number of nitro benzene ring substituents is 4. The molecular formula is C31H22N8O10. The minimum absolute atomic E-state index is 0.0654. The van der Waals surface area contributed by atoms with Crippen LogP contribution in [-0.4, -0.2) is 41.2 Å². The summed E-state index contributed by atoms with van der Waals surface area (Å²) in [5.74, 6) is 4.04. The molecule has 1 aromatic heterocycles. The Balaban J connectivity index is 1.88. The Labute approximate surface area is 274 Å². The molecule has 2 N–H and O–H groups in total. The standard InChI is InChI=1S/C31H22N8O10/c1-17-3-7-19(8-4-17)28-27(30(40)20-9-5-18(2)6-10-20)29(35(33-28)24-14-12-22(37(44)45)16-26(24)39(48)49)31(41)34(32)23-13-11-21(36(42)43)15-25(23)38(46)47/h3-16H,32H2,1-2H3. The topological polar surface area (TPSA) is 254 Å². The molecule has 0 aliphatic rings. The molecule has 5 rings (SSSR count). The lowest BCUT2D eigenvalue weighted by molar-refractivity contribution is -0.394. The first-order valence-electron chi connectivity index (χ1n) is 14.0. The Bertz CT molecular complexity index is 2210. The monoisotopic (exact) mass is 666 g/mol. The number of benzene rings is 4. The van der Waals surface area contributed by atoms with Crippen molar-refractivity contribution in [3.8, 4) is 16.9 Å². The van der Waals surface area contributed by atoms with Gasteiger partial charge in [-0.25, -0.2) is 15.5 Å². The van der Waals surface area contributed by atoms with Crippen LogP contribution in [0.4, 0.5) is 28.4 Å². The third kappa shape index (κ3) is 6.29. The molecule has 0 aliphatic heterocycles. The first-order valence-corrected chi connectivity index (χ1v) is 14.0. The third-order valence-electron chi connectivity index (χ3n) is 7.39. The smallest absolute Gasteiger partial charge is 0.288 e. The molecule has 0 spiro atoms. The Kier molecular flexibility index (Phi) is 8.72. The van der Waals surface area contributed by atoms with Gasteiger partial charge in [-0.3, -0.25) is 50.0 Å². The van der Waals surface area contributed by atoms with Crippen molar-refractivity contribution in [3.63, 3.8) is 0 Å². The summed E-state index contributed by atoms with van der Waals surface area (Å²) in [4.78, 5) is 72.0. The second-order valence-electron chi connectivity index (χ2n) is 10.6. The van der Waals surface area contributed by atoms with Gasteiger partial charge < -0.3 is 0 Å². The van der Waals surface area contributed by atoms with Crippen LogP contribution in [0.25, 0.3) is 16.9 Å². The maximum atomic E-state index is 14.5. The van der Waals surface area contributed by atoms with E-state index in [9.17, 15) is 50.0 Å². The normalized spacial score (nSPS) is 10.8. The van der Waals surface area contributed by atoms with Crippen LogP contribution < -0.4 is 10.9 Å². The highest BCUT2D eigenvalue weighted by Crippen LogP contribution is 2.37. The summed E-state index contributed by atoms with van der Waals surface area (Å²) in [6, 6.07) is 17.5. The zero-order valence-electron chi connectivity index (χ0n) is 25.4. The number of anilines is 1. The van der Waals surface area contributed by atoms with Crippen LogP contribution in [-0.2, 0) is 0 Å². The summed E-state index contributed by atoms with van der Waals surface area (Å²) in [5.41, 5.74) is -3.57. The van der Waals surface area contributed by atoms with Crippen molar-refractivity contribution in [2.24, 2.45) is 5.84 Å². The van der Waals surface area contributed by atoms with Crippen LogP contribution >= 0.6 is 0 Å². The molecule has 18 nitrogen and oxygen atoms in total. The number of rotatable bonds is 10. The van der Waals surface area contributed by atoms with Crippen molar-refractivity contribution >= 4 is 40.1 Å². The van der Waals surface area contributed by atoms with E-state index in [1.165, 1.54) is 12.1 Å². The van der Waals surface area contributed by atoms with E-state index in [4.69, 9.17) is 5.84 Å². The van der Waals surface area contributed by atoms with Gasteiger partial charge in [-0.15, -0.1) is 0 Å². The van der Waals surface area contributed by atoms with E-state index in [1.807, 2.05) is 0 Å². The highest BCUT2D eigenvalue weighted by molar-refractivity contribution is 6.20. The van der Waals surface area contributed by atoms with E-state index in [0.717, 1.165) is 40.1 Å². The van der Waals surface area contributed by atoms with Gasteiger partial charge in [-0.1, -0.05) is 59.7 Å². The average molecular weight is 667 g/mol. The van der Waals surface area contributed by atoms with E-state index in [-0.39, 0.29) is 21.8 Å². The minimum atomic E-state index is -1.34. The lowest BCUT2D eigenvalue weighted by Crippen LogP contribution is -2.40. The molecule has 18 heteroatoms. The van der Waals surface area contributed by atoms with Gasteiger partial charge in [0.25, 0.3) is 17.3 Å². The van der Waals surface area contributed by atoms with Gasteiger partial charge in [0.1, 0.15) is 22.8 Å². The molecule has 1 heterocycles. The highest BCUT2D eigenvalue weighted by atomic mass is 16.6. The molecule has 1 amide bonds. The zero-order chi connectivity index (χ0) is 35.7. The molecule has 0 aliphatic carbocycles. The molecule has 0 saturated carbocycles. The molecule has 0 fully saturated rings. The van der Waals surface area contributed by atoms with E-state index in [0.29, 0.717) is 12.1 Å². The number of hydrogen-bond donors (Lipinski definition) is 1. The Morgan fingerprint density at radius 2 is 1.20 bits per heavy atom. The second-order valence-corrected chi connectivity index (χ2v) is 10.6. The molecule has 0 bridgehead atoms. The lowest BCUT2D eigenvalue weighted by atomic mass is 9.96. The largest absolute Gasteiger partial charge is 0.301 e. The number of amides is 1. The molecule has 4 aromatic carbocycles. The summed E-state index contributed by atoms with van der Waals surface area (Å²) >= 11 is 0. The average Bonchev–Trinajstić information content (AvgIpc) is 3.47. The molecular weight excluding hydrogens is 644 g/mol. The van der Waals surface area contributed by atoms with Crippen LogP contribution in [0.3, 0.4) is 0 Å². The van der Waals surface area contributed by atoms with Gasteiger partial charge in [-0.2, -0.15) is 5.10 Å². The highest BCUT2D eigenvalue weighted by Gasteiger charge is 2.37. The molecule has 49 heavy (non-hydrogen) atoms. The lowest BCUT2D eigenvalue weighted by Gasteiger charge is -2.18. The van der Waals surface area contributed by atoms with Crippen molar-refractivity contribution < 1.29 is 29.3 Å². The van der Waals surface area contributed by atoms with Crippen molar-refractivity contribution in [2.45, 2.75) is 13.8 Å². The first-order chi connectivity index (χ1) is 23.2. The van der Waals surface area contributed by atoms with Gasteiger partial charge in [0, 0.05) is 23.3 Å². The number of carbonyl (C=O) groups is 2. The zero-order valence-corrected chi connectivity index (χ0v) is 25.4. The summed E-state index contributed by atoms with van der Waals surface area (Å²) < 4.78 is 0.720. The second kappa shape index (κ2) is 12.9. The van der Waals surface area contributed by atoms with Gasteiger partial charge in [0.05, 0.1) is 37.4 Å². The van der Waals surface area contributed by atoms with Gasteiger partial charge in [0.15, 0.2) is 5.78 Å². The van der Waals surface area contributed by atoms with E-state index >= 15 is 0 Å². The molecule has 0 atom stereocenters. The predicted molar refractivity (Wildman–Crippen MR) is 172 cm³/mol. The number of hydrogen-bond acceptors (Lipinski definition) is 12. The van der Waals surface area contributed by atoms with E-state index in [1.54, 1.807) is 50.2 Å². The van der Waals surface area contributed by atoms with Gasteiger partial charge >= 0.3 is 11.4 Å². The number of non-ortho nitro benzene ring substituents is 2. The fraction of sp³-hybridized carbons (Fsp3) is 0.0645. The molecule has 0 radical (unpaired) electrons. The SMILES string of the molecule is Cc1ccc(C(=O)c2c(-c3ccc(C)cc3)nn(-c3ccc([N+](=O)[O-])cc3[N+](=O)[O-])c2C(=O)N(N)c2ccc([N+](=O)[O-])cc2[N+](=O)[O-])cc1. The quantitative estimate of drug-likeness (QED) is 0.0633. The number of aromatic nitrogens is 2. The maximum Gasteiger partial charge on any atom is 0.301 e.